The molecule has 0 aliphatic carbocycles. The summed E-state index contributed by atoms with van der Waals surface area (Å²) >= 11 is 0. The molecule has 2 heterocycles. The number of hydrogen-bond acceptors (Lipinski definition) is 3. The summed E-state index contributed by atoms with van der Waals surface area (Å²) < 4.78 is 26.4. The third-order valence-electron chi connectivity index (χ3n) is 4.77. The fourth-order valence-electron chi connectivity index (χ4n) is 3.35. The Bertz CT molecular complexity index is 1100. The number of benzene rings is 2. The second kappa shape index (κ2) is 7.79. The van der Waals surface area contributed by atoms with Crippen LogP contribution in [0.25, 0.3) is 0 Å². The molecule has 0 bridgehead atoms. The number of hydrogen-bond donors (Lipinski definition) is 1. The quantitative estimate of drug-likeness (QED) is 0.725. The van der Waals surface area contributed by atoms with Crippen molar-refractivity contribution in [2.75, 3.05) is 16.8 Å². The van der Waals surface area contributed by atoms with Gasteiger partial charge in [0.25, 0.3) is 11.8 Å². The largest absolute Gasteiger partial charge is 0.322 e. The van der Waals surface area contributed by atoms with E-state index >= 15 is 0 Å². The maximum absolute atomic E-state index is 13.3. The standard InChI is InChI=1S/C22H17F2N3O2/c23-17-8-7-16(13-18(17)24)26-21(28)15-9-10-25-19(12-15)22(29)27-11-3-5-14-4-1-2-6-20(14)27/h1-2,4,6-10,12-13H,3,5,11H2,(H,26,28). The van der Waals surface area contributed by atoms with Crippen molar-refractivity contribution in [2.45, 2.75) is 12.8 Å². The Hall–Kier alpha value is -3.61. The minimum Gasteiger partial charge on any atom is -0.322 e. The van der Waals surface area contributed by atoms with Crippen LogP contribution in [0.4, 0.5) is 20.2 Å². The van der Waals surface area contributed by atoms with Gasteiger partial charge in [-0.2, -0.15) is 0 Å². The lowest BCUT2D eigenvalue weighted by Gasteiger charge is -2.29. The number of carbonyl (C=O) groups excluding carboxylic acids is 2. The molecule has 0 saturated carbocycles. The molecule has 1 aromatic heterocycles. The second-order valence-corrected chi connectivity index (χ2v) is 6.70. The van der Waals surface area contributed by atoms with E-state index in [0.717, 1.165) is 36.2 Å². The smallest absolute Gasteiger partial charge is 0.276 e. The molecule has 29 heavy (non-hydrogen) atoms. The molecule has 5 nitrogen and oxygen atoms in total. The highest BCUT2D eigenvalue weighted by molar-refractivity contribution is 6.09. The van der Waals surface area contributed by atoms with Gasteiger partial charge in [-0.25, -0.2) is 8.78 Å². The molecule has 0 saturated heterocycles. The maximum Gasteiger partial charge on any atom is 0.276 e. The lowest BCUT2D eigenvalue weighted by molar-refractivity contribution is 0.0980. The maximum atomic E-state index is 13.3. The zero-order valence-corrected chi connectivity index (χ0v) is 15.4. The van der Waals surface area contributed by atoms with Gasteiger partial charge >= 0.3 is 0 Å². The van der Waals surface area contributed by atoms with Crippen molar-refractivity contribution in [3.63, 3.8) is 0 Å². The second-order valence-electron chi connectivity index (χ2n) is 6.70. The highest BCUT2D eigenvalue weighted by Gasteiger charge is 2.24. The fourth-order valence-corrected chi connectivity index (χ4v) is 3.35. The molecule has 2 amide bonds. The van der Waals surface area contributed by atoms with Crippen molar-refractivity contribution in [3.05, 3.63) is 89.2 Å². The van der Waals surface area contributed by atoms with Crippen molar-refractivity contribution in [1.29, 1.82) is 0 Å². The summed E-state index contributed by atoms with van der Waals surface area (Å²) in [6, 6.07) is 13.6. The van der Waals surface area contributed by atoms with Gasteiger partial charge < -0.3 is 10.2 Å². The number of anilines is 2. The average molecular weight is 393 g/mol. The van der Waals surface area contributed by atoms with Crippen LogP contribution in [0.1, 0.15) is 32.8 Å². The molecule has 0 radical (unpaired) electrons. The van der Waals surface area contributed by atoms with Crippen LogP contribution in [0.5, 0.6) is 0 Å². The fraction of sp³-hybridized carbons (Fsp3) is 0.136. The SMILES string of the molecule is O=C(Nc1ccc(F)c(F)c1)c1ccnc(C(=O)N2CCCc3ccccc32)c1. The Labute approximate surface area is 166 Å². The number of para-hydroxylation sites is 1. The number of pyridine rings is 1. The Kier molecular flexibility index (Phi) is 5.03. The number of aryl methyl sites for hydroxylation is 1. The van der Waals surface area contributed by atoms with Gasteiger partial charge in [0.1, 0.15) is 5.69 Å². The Morgan fingerprint density at radius 1 is 1.00 bits per heavy atom. The zero-order valence-electron chi connectivity index (χ0n) is 15.4. The summed E-state index contributed by atoms with van der Waals surface area (Å²) in [4.78, 5) is 31.3. The summed E-state index contributed by atoms with van der Waals surface area (Å²) in [6.45, 7) is 0.572. The molecule has 0 atom stereocenters. The number of carbonyl (C=O) groups is 2. The van der Waals surface area contributed by atoms with Crippen LogP contribution in [0.2, 0.25) is 0 Å². The number of nitrogens with zero attached hydrogens (tertiary/aromatic N) is 2. The first kappa shape index (κ1) is 18.7. The van der Waals surface area contributed by atoms with Gasteiger partial charge in [-0.1, -0.05) is 18.2 Å². The van der Waals surface area contributed by atoms with E-state index in [4.69, 9.17) is 0 Å². The van der Waals surface area contributed by atoms with Crippen molar-refractivity contribution in [1.82, 2.24) is 4.98 Å². The van der Waals surface area contributed by atoms with Gasteiger partial charge in [0, 0.05) is 35.7 Å². The monoisotopic (exact) mass is 393 g/mol. The molecule has 1 aliphatic rings. The van der Waals surface area contributed by atoms with Crippen LogP contribution in [0.15, 0.2) is 60.8 Å². The molecule has 3 aromatic rings. The van der Waals surface area contributed by atoms with E-state index < -0.39 is 17.5 Å². The molecule has 2 aromatic carbocycles. The summed E-state index contributed by atoms with van der Waals surface area (Å²) in [5.74, 6) is -2.90. The molecule has 0 spiro atoms. The van der Waals surface area contributed by atoms with Crippen LogP contribution in [-0.2, 0) is 6.42 Å². The van der Waals surface area contributed by atoms with Crippen LogP contribution < -0.4 is 10.2 Å². The average Bonchev–Trinajstić information content (AvgIpc) is 2.75. The van der Waals surface area contributed by atoms with Crippen LogP contribution in [0, 0.1) is 11.6 Å². The van der Waals surface area contributed by atoms with Crippen molar-refractivity contribution >= 4 is 23.2 Å². The number of halogens is 2. The lowest BCUT2D eigenvalue weighted by atomic mass is 10.0. The number of rotatable bonds is 3. The minimum absolute atomic E-state index is 0.114. The predicted molar refractivity (Wildman–Crippen MR) is 105 cm³/mol. The summed E-state index contributed by atoms with van der Waals surface area (Å²) in [5, 5.41) is 2.49. The molecule has 0 fully saturated rings. The predicted octanol–water partition coefficient (Wildman–Crippen LogP) is 4.21. The van der Waals surface area contributed by atoms with Gasteiger partial charge in [0.05, 0.1) is 0 Å². The van der Waals surface area contributed by atoms with E-state index in [1.165, 1.54) is 24.4 Å². The van der Waals surface area contributed by atoms with Gasteiger partial charge in [-0.15, -0.1) is 0 Å². The highest BCUT2D eigenvalue weighted by atomic mass is 19.2. The van der Waals surface area contributed by atoms with Gasteiger partial charge in [0.2, 0.25) is 0 Å². The third-order valence-corrected chi connectivity index (χ3v) is 4.77. The molecule has 4 rings (SSSR count). The van der Waals surface area contributed by atoms with Gasteiger partial charge in [0.15, 0.2) is 11.6 Å². The first-order chi connectivity index (χ1) is 14.0. The lowest BCUT2D eigenvalue weighted by Crippen LogP contribution is -2.36. The van der Waals surface area contributed by atoms with Crippen molar-refractivity contribution in [2.24, 2.45) is 0 Å². The highest BCUT2D eigenvalue weighted by Crippen LogP contribution is 2.28. The Balaban J connectivity index is 1.56. The topological polar surface area (TPSA) is 62.3 Å². The van der Waals surface area contributed by atoms with Crippen LogP contribution >= 0.6 is 0 Å². The zero-order chi connectivity index (χ0) is 20.4. The van der Waals surface area contributed by atoms with Crippen molar-refractivity contribution < 1.29 is 18.4 Å². The third kappa shape index (κ3) is 3.85. The molecule has 1 N–H and O–H groups in total. The minimum atomic E-state index is -1.06. The van der Waals surface area contributed by atoms with Crippen LogP contribution in [0.3, 0.4) is 0 Å². The first-order valence-electron chi connectivity index (χ1n) is 9.15. The summed E-state index contributed by atoms with van der Waals surface area (Å²) in [6.07, 6.45) is 3.13. The van der Waals surface area contributed by atoms with E-state index in [1.807, 2.05) is 24.3 Å². The summed E-state index contributed by atoms with van der Waals surface area (Å²) in [7, 11) is 0. The van der Waals surface area contributed by atoms with E-state index in [2.05, 4.69) is 10.3 Å². The van der Waals surface area contributed by atoms with E-state index in [1.54, 1.807) is 4.90 Å². The number of fused-ring (bicyclic) bond motifs is 1. The molecule has 0 unspecified atom stereocenters. The Morgan fingerprint density at radius 3 is 2.66 bits per heavy atom. The van der Waals surface area contributed by atoms with Crippen LogP contribution in [-0.4, -0.2) is 23.3 Å². The van der Waals surface area contributed by atoms with E-state index in [9.17, 15) is 18.4 Å². The van der Waals surface area contributed by atoms with E-state index in [0.29, 0.717) is 6.54 Å². The van der Waals surface area contributed by atoms with Gasteiger partial charge in [-0.3, -0.25) is 14.6 Å². The number of aromatic nitrogens is 1. The molecule has 146 valence electrons. The molecular weight excluding hydrogens is 376 g/mol. The molecular formula is C22H17F2N3O2. The van der Waals surface area contributed by atoms with Gasteiger partial charge in [-0.05, 0) is 48.7 Å². The number of amides is 2. The van der Waals surface area contributed by atoms with Crippen molar-refractivity contribution in [3.8, 4) is 0 Å². The summed E-state index contributed by atoms with van der Waals surface area (Å²) in [5.41, 5.74) is 2.39. The molecule has 1 aliphatic heterocycles. The molecule has 7 heteroatoms. The van der Waals surface area contributed by atoms with E-state index in [-0.39, 0.29) is 22.9 Å². The Morgan fingerprint density at radius 2 is 1.83 bits per heavy atom. The normalized spacial score (nSPS) is 13.0. The number of nitrogens with one attached hydrogen (secondary N) is 1. The first-order valence-corrected chi connectivity index (χ1v) is 9.15.